The fraction of sp³-hybridized carbons (Fsp3) is 0.316. The van der Waals surface area contributed by atoms with Crippen LogP contribution in [-0.2, 0) is 10.0 Å². The van der Waals surface area contributed by atoms with E-state index >= 15 is 0 Å². The Hall–Kier alpha value is -2.98. The van der Waals surface area contributed by atoms with E-state index in [4.69, 9.17) is 4.74 Å². The van der Waals surface area contributed by atoms with Crippen LogP contribution in [0.2, 0.25) is 0 Å². The van der Waals surface area contributed by atoms with Crippen LogP contribution in [0.25, 0.3) is 0 Å². The second-order valence-electron chi connectivity index (χ2n) is 6.66. The maximum atomic E-state index is 12.9. The molecule has 0 radical (unpaired) electrons. The lowest BCUT2D eigenvalue weighted by Crippen LogP contribution is -2.50. The highest BCUT2D eigenvalue weighted by atomic mass is 32.2. The van der Waals surface area contributed by atoms with E-state index in [1.54, 1.807) is 23.1 Å². The molecule has 29 heavy (non-hydrogen) atoms. The third-order valence-electron chi connectivity index (χ3n) is 4.78. The summed E-state index contributed by atoms with van der Waals surface area (Å²) in [5.41, 5.74) is 1.12. The SMILES string of the molecule is COc1ccc(S(=O)(=O)N2CCN(C(=O)c3cccc(C)c3)CC2)cc1[N+](=O)[O-]. The quantitative estimate of drug-likeness (QED) is 0.542. The number of rotatable bonds is 5. The molecule has 1 amide bonds. The van der Waals surface area contributed by atoms with Crippen molar-refractivity contribution in [1.29, 1.82) is 0 Å². The molecule has 154 valence electrons. The number of amides is 1. The second-order valence-corrected chi connectivity index (χ2v) is 8.59. The number of benzene rings is 2. The molecular weight excluding hydrogens is 398 g/mol. The zero-order chi connectivity index (χ0) is 21.2. The molecule has 0 atom stereocenters. The lowest BCUT2D eigenvalue weighted by atomic mass is 10.1. The number of methoxy groups -OCH3 is 1. The summed E-state index contributed by atoms with van der Waals surface area (Å²) in [4.78, 5) is 24.6. The molecule has 2 aromatic carbocycles. The van der Waals surface area contributed by atoms with Crippen LogP contribution in [0.5, 0.6) is 5.75 Å². The highest BCUT2D eigenvalue weighted by molar-refractivity contribution is 7.89. The molecule has 1 heterocycles. The van der Waals surface area contributed by atoms with Crippen LogP contribution in [0.1, 0.15) is 15.9 Å². The predicted molar refractivity (Wildman–Crippen MR) is 105 cm³/mol. The summed E-state index contributed by atoms with van der Waals surface area (Å²) in [6.07, 6.45) is 0. The van der Waals surface area contributed by atoms with E-state index in [0.29, 0.717) is 5.56 Å². The van der Waals surface area contributed by atoms with Crippen molar-refractivity contribution >= 4 is 21.6 Å². The van der Waals surface area contributed by atoms with Crippen molar-refractivity contribution in [3.05, 3.63) is 63.7 Å². The van der Waals surface area contributed by atoms with Gasteiger partial charge in [-0.15, -0.1) is 0 Å². The Morgan fingerprint density at radius 1 is 1.10 bits per heavy atom. The number of aryl methyl sites for hydroxylation is 1. The van der Waals surface area contributed by atoms with Crippen LogP contribution in [0.3, 0.4) is 0 Å². The average molecular weight is 419 g/mol. The Bertz CT molecular complexity index is 1050. The van der Waals surface area contributed by atoms with Gasteiger partial charge in [0.1, 0.15) is 0 Å². The number of nitro groups is 1. The molecule has 1 aliphatic rings. The van der Waals surface area contributed by atoms with Gasteiger partial charge in [0.25, 0.3) is 5.91 Å². The second kappa shape index (κ2) is 8.18. The molecule has 1 fully saturated rings. The minimum atomic E-state index is -3.93. The van der Waals surface area contributed by atoms with Crippen LogP contribution < -0.4 is 4.74 Å². The number of nitrogens with zero attached hydrogens (tertiary/aromatic N) is 3. The van der Waals surface area contributed by atoms with Gasteiger partial charge in [-0.25, -0.2) is 8.42 Å². The average Bonchev–Trinajstić information content (AvgIpc) is 2.72. The number of ether oxygens (including phenoxy) is 1. The standard InChI is InChI=1S/C19H21N3O6S/c1-14-4-3-5-15(12-14)19(23)20-8-10-21(11-9-20)29(26,27)16-6-7-18(28-2)17(13-16)22(24)25/h3-7,12-13H,8-11H2,1-2H3. The molecule has 0 aromatic heterocycles. The Morgan fingerprint density at radius 2 is 1.79 bits per heavy atom. The van der Waals surface area contributed by atoms with Gasteiger partial charge < -0.3 is 9.64 Å². The summed E-state index contributed by atoms with van der Waals surface area (Å²) in [6, 6.07) is 10.8. The molecule has 0 N–H and O–H groups in total. The van der Waals surface area contributed by atoms with Crippen LogP contribution >= 0.6 is 0 Å². The minimum Gasteiger partial charge on any atom is -0.490 e. The lowest BCUT2D eigenvalue weighted by Gasteiger charge is -2.34. The van der Waals surface area contributed by atoms with Gasteiger partial charge >= 0.3 is 5.69 Å². The first-order valence-corrected chi connectivity index (χ1v) is 10.4. The highest BCUT2D eigenvalue weighted by Crippen LogP contribution is 2.30. The van der Waals surface area contributed by atoms with E-state index in [-0.39, 0.29) is 42.7 Å². The fourth-order valence-electron chi connectivity index (χ4n) is 3.21. The van der Waals surface area contributed by atoms with Gasteiger partial charge in [-0.3, -0.25) is 14.9 Å². The molecule has 2 aromatic rings. The zero-order valence-electron chi connectivity index (χ0n) is 16.1. The van der Waals surface area contributed by atoms with Crippen LogP contribution in [0.4, 0.5) is 5.69 Å². The summed E-state index contributed by atoms with van der Waals surface area (Å²) in [6.45, 7) is 2.60. The summed E-state index contributed by atoms with van der Waals surface area (Å²) >= 11 is 0. The topological polar surface area (TPSA) is 110 Å². The first-order chi connectivity index (χ1) is 13.7. The summed E-state index contributed by atoms with van der Waals surface area (Å²) in [5.74, 6) is -0.159. The highest BCUT2D eigenvalue weighted by Gasteiger charge is 2.32. The molecule has 0 saturated carbocycles. The number of sulfonamides is 1. The predicted octanol–water partition coefficient (Wildman–Crippen LogP) is 2.06. The third-order valence-corrected chi connectivity index (χ3v) is 6.67. The first kappa shape index (κ1) is 20.7. The van der Waals surface area contributed by atoms with Crippen molar-refractivity contribution in [3.63, 3.8) is 0 Å². The normalized spacial score (nSPS) is 15.2. The van der Waals surface area contributed by atoms with Crippen molar-refractivity contribution in [2.24, 2.45) is 0 Å². The number of carbonyl (C=O) groups is 1. The number of piperazine rings is 1. The van der Waals surface area contributed by atoms with Gasteiger partial charge in [-0.1, -0.05) is 17.7 Å². The van der Waals surface area contributed by atoms with E-state index in [2.05, 4.69) is 0 Å². The first-order valence-electron chi connectivity index (χ1n) is 8.92. The van der Waals surface area contributed by atoms with Crippen molar-refractivity contribution in [3.8, 4) is 5.75 Å². The molecule has 9 nitrogen and oxygen atoms in total. The summed E-state index contributed by atoms with van der Waals surface area (Å²) in [7, 11) is -2.65. The summed E-state index contributed by atoms with van der Waals surface area (Å²) < 4.78 is 32.0. The van der Waals surface area contributed by atoms with E-state index in [1.807, 2.05) is 13.0 Å². The lowest BCUT2D eigenvalue weighted by molar-refractivity contribution is -0.386. The summed E-state index contributed by atoms with van der Waals surface area (Å²) in [5, 5.41) is 11.2. The molecule has 0 aliphatic carbocycles. The zero-order valence-corrected chi connectivity index (χ0v) is 16.9. The molecule has 0 spiro atoms. The van der Waals surface area contributed by atoms with Crippen molar-refractivity contribution in [1.82, 2.24) is 9.21 Å². The fourth-order valence-corrected chi connectivity index (χ4v) is 4.66. The van der Waals surface area contributed by atoms with Crippen LogP contribution in [0, 0.1) is 17.0 Å². The molecule has 1 aliphatic heterocycles. The number of carbonyl (C=O) groups excluding carboxylic acids is 1. The van der Waals surface area contributed by atoms with E-state index in [9.17, 15) is 23.3 Å². The monoisotopic (exact) mass is 419 g/mol. The molecule has 10 heteroatoms. The molecule has 0 bridgehead atoms. The van der Waals surface area contributed by atoms with Gasteiger partial charge in [0.2, 0.25) is 10.0 Å². The molecular formula is C19H21N3O6S. The molecule has 1 saturated heterocycles. The maximum absolute atomic E-state index is 12.9. The Morgan fingerprint density at radius 3 is 2.38 bits per heavy atom. The number of hydrogen-bond acceptors (Lipinski definition) is 6. The van der Waals surface area contributed by atoms with Crippen molar-refractivity contribution in [2.75, 3.05) is 33.3 Å². The van der Waals surface area contributed by atoms with Gasteiger partial charge in [0.05, 0.1) is 16.9 Å². The Labute approximate surface area is 168 Å². The maximum Gasteiger partial charge on any atom is 0.312 e. The molecule has 3 rings (SSSR count). The van der Waals surface area contributed by atoms with Crippen LogP contribution in [-0.4, -0.2) is 61.7 Å². The largest absolute Gasteiger partial charge is 0.490 e. The Balaban J connectivity index is 1.75. The van der Waals surface area contributed by atoms with Gasteiger partial charge in [0, 0.05) is 37.8 Å². The van der Waals surface area contributed by atoms with E-state index in [0.717, 1.165) is 11.6 Å². The Kier molecular flexibility index (Phi) is 5.85. The number of nitro benzene ring substituents is 1. The van der Waals surface area contributed by atoms with Crippen molar-refractivity contribution < 1.29 is 22.9 Å². The smallest absolute Gasteiger partial charge is 0.312 e. The van der Waals surface area contributed by atoms with Gasteiger partial charge in [-0.2, -0.15) is 4.31 Å². The molecule has 0 unspecified atom stereocenters. The minimum absolute atomic E-state index is 0.0116. The van der Waals surface area contributed by atoms with E-state index < -0.39 is 20.6 Å². The van der Waals surface area contributed by atoms with Crippen molar-refractivity contribution in [2.45, 2.75) is 11.8 Å². The van der Waals surface area contributed by atoms with Crippen LogP contribution in [0.15, 0.2) is 47.4 Å². The van der Waals surface area contributed by atoms with Gasteiger partial charge in [-0.05, 0) is 31.2 Å². The number of hydrogen-bond donors (Lipinski definition) is 0. The van der Waals surface area contributed by atoms with E-state index in [1.165, 1.54) is 23.5 Å². The third kappa shape index (κ3) is 4.22. The van der Waals surface area contributed by atoms with Gasteiger partial charge in [0.15, 0.2) is 5.75 Å².